The molecule has 6 heteroatoms. The number of ether oxygens (including phenoxy) is 1. The fraction of sp³-hybridized carbons (Fsp3) is 0.438. The first-order valence-corrected chi connectivity index (χ1v) is 8.11. The largest absolute Gasteiger partial charge is 0.464 e. The molecule has 120 valence electrons. The van der Waals surface area contributed by atoms with E-state index in [0.29, 0.717) is 19.7 Å². The van der Waals surface area contributed by atoms with Crippen LogP contribution in [0.5, 0.6) is 0 Å². The summed E-state index contributed by atoms with van der Waals surface area (Å²) < 4.78 is 10.7. The zero-order valence-electron chi connectivity index (χ0n) is 13.2. The zero-order chi connectivity index (χ0) is 15.9. The molecule has 2 heterocycles. The number of furan rings is 1. The molecule has 5 nitrogen and oxygen atoms in total. The Morgan fingerprint density at radius 2 is 2.27 bits per heavy atom. The average molecular weight is 322 g/mol. The second-order valence-electron chi connectivity index (χ2n) is 5.11. The number of carbonyl (C=O) groups excluding carboxylic acids is 1. The van der Waals surface area contributed by atoms with E-state index in [1.807, 2.05) is 43.5 Å². The van der Waals surface area contributed by atoms with Crippen molar-refractivity contribution in [2.45, 2.75) is 26.4 Å². The van der Waals surface area contributed by atoms with Crippen molar-refractivity contribution in [3.8, 4) is 0 Å². The minimum absolute atomic E-state index is 0.119. The van der Waals surface area contributed by atoms with Gasteiger partial charge in [-0.3, -0.25) is 0 Å². The van der Waals surface area contributed by atoms with E-state index in [0.717, 1.165) is 16.4 Å². The molecule has 22 heavy (non-hydrogen) atoms. The van der Waals surface area contributed by atoms with Gasteiger partial charge in [-0.1, -0.05) is 6.07 Å². The molecule has 0 aliphatic rings. The topological polar surface area (TPSA) is 54.7 Å². The summed E-state index contributed by atoms with van der Waals surface area (Å²) in [6.45, 7) is 5.43. The van der Waals surface area contributed by atoms with Crippen LogP contribution in [0.4, 0.5) is 4.79 Å². The third-order valence-electron chi connectivity index (χ3n) is 3.31. The number of aryl methyl sites for hydroxylation is 1. The lowest BCUT2D eigenvalue weighted by molar-refractivity contribution is 0.145. The molecule has 2 aromatic rings. The molecule has 0 unspecified atom stereocenters. The number of hydrogen-bond acceptors (Lipinski definition) is 4. The SMILES string of the molecule is COCCN(Cc1cccs1)C(=O)N[C@H](C)c1ccc(C)o1. The van der Waals surface area contributed by atoms with Crippen molar-refractivity contribution in [3.05, 3.63) is 46.0 Å². The Labute approximate surface area is 134 Å². The van der Waals surface area contributed by atoms with Crippen LogP contribution in [-0.2, 0) is 11.3 Å². The number of carbonyl (C=O) groups is 1. The van der Waals surface area contributed by atoms with Crippen molar-refractivity contribution < 1.29 is 13.9 Å². The Morgan fingerprint density at radius 1 is 1.45 bits per heavy atom. The van der Waals surface area contributed by atoms with Crippen LogP contribution >= 0.6 is 11.3 Å². The number of rotatable bonds is 7. The van der Waals surface area contributed by atoms with Gasteiger partial charge in [0, 0.05) is 18.5 Å². The summed E-state index contributed by atoms with van der Waals surface area (Å²) in [5.41, 5.74) is 0. The standard InChI is InChI=1S/C16H22N2O3S/c1-12-6-7-15(21-12)13(2)17-16(19)18(8-9-20-3)11-14-5-4-10-22-14/h4-7,10,13H,8-9,11H2,1-3H3,(H,17,19)/t13-/m1/s1. The maximum Gasteiger partial charge on any atom is 0.318 e. The van der Waals surface area contributed by atoms with E-state index in [-0.39, 0.29) is 12.1 Å². The lowest BCUT2D eigenvalue weighted by Gasteiger charge is -2.24. The van der Waals surface area contributed by atoms with E-state index in [9.17, 15) is 4.79 Å². The zero-order valence-corrected chi connectivity index (χ0v) is 14.0. The van der Waals surface area contributed by atoms with Crippen molar-refractivity contribution in [2.24, 2.45) is 0 Å². The first-order chi connectivity index (χ1) is 10.6. The van der Waals surface area contributed by atoms with Crippen LogP contribution in [0.25, 0.3) is 0 Å². The minimum Gasteiger partial charge on any atom is -0.464 e. The summed E-state index contributed by atoms with van der Waals surface area (Å²) in [6.07, 6.45) is 0. The van der Waals surface area contributed by atoms with E-state index in [1.54, 1.807) is 23.3 Å². The highest BCUT2D eigenvalue weighted by molar-refractivity contribution is 7.09. The van der Waals surface area contributed by atoms with E-state index >= 15 is 0 Å². The predicted molar refractivity (Wildman–Crippen MR) is 87.0 cm³/mol. The molecule has 0 fully saturated rings. The van der Waals surface area contributed by atoms with Crippen LogP contribution < -0.4 is 5.32 Å². The number of nitrogens with zero attached hydrogens (tertiary/aromatic N) is 1. The lowest BCUT2D eigenvalue weighted by atomic mass is 10.2. The van der Waals surface area contributed by atoms with Gasteiger partial charge in [0.2, 0.25) is 0 Å². The molecule has 0 saturated heterocycles. The Hall–Kier alpha value is -1.79. The molecular weight excluding hydrogens is 300 g/mol. The summed E-state index contributed by atoms with van der Waals surface area (Å²) >= 11 is 1.64. The monoisotopic (exact) mass is 322 g/mol. The Morgan fingerprint density at radius 3 is 2.86 bits per heavy atom. The molecule has 0 aliphatic heterocycles. The smallest absolute Gasteiger partial charge is 0.318 e. The van der Waals surface area contributed by atoms with Crippen molar-refractivity contribution in [1.29, 1.82) is 0 Å². The Kier molecular flexibility index (Phi) is 6.03. The highest BCUT2D eigenvalue weighted by atomic mass is 32.1. The maximum absolute atomic E-state index is 12.5. The van der Waals surface area contributed by atoms with E-state index in [1.165, 1.54) is 0 Å². The highest BCUT2D eigenvalue weighted by Crippen LogP contribution is 2.17. The average Bonchev–Trinajstić information content (AvgIpc) is 3.14. The predicted octanol–water partition coefficient (Wildman–Crippen LogP) is 3.57. The quantitative estimate of drug-likeness (QED) is 0.848. The van der Waals surface area contributed by atoms with Crippen molar-refractivity contribution in [2.75, 3.05) is 20.3 Å². The van der Waals surface area contributed by atoms with Crippen LogP contribution in [0.2, 0.25) is 0 Å². The molecule has 0 aromatic carbocycles. The van der Waals surface area contributed by atoms with E-state index < -0.39 is 0 Å². The van der Waals surface area contributed by atoms with Gasteiger partial charge < -0.3 is 19.4 Å². The highest BCUT2D eigenvalue weighted by Gasteiger charge is 2.18. The number of amides is 2. The summed E-state index contributed by atoms with van der Waals surface area (Å²) in [6, 6.07) is 7.50. The molecule has 1 atom stereocenters. The minimum atomic E-state index is -0.172. The first kappa shape index (κ1) is 16.6. The molecule has 0 saturated carbocycles. The van der Waals surface area contributed by atoms with E-state index in [4.69, 9.17) is 9.15 Å². The van der Waals surface area contributed by atoms with Crippen LogP contribution in [0, 0.1) is 6.92 Å². The van der Waals surface area contributed by atoms with Gasteiger partial charge in [0.15, 0.2) is 0 Å². The fourth-order valence-corrected chi connectivity index (χ4v) is 2.80. The third kappa shape index (κ3) is 4.61. The lowest BCUT2D eigenvalue weighted by Crippen LogP contribution is -2.42. The number of urea groups is 1. The van der Waals surface area contributed by atoms with Crippen molar-refractivity contribution in [1.82, 2.24) is 10.2 Å². The molecule has 0 spiro atoms. The van der Waals surface area contributed by atoms with Gasteiger partial charge in [-0.25, -0.2) is 4.79 Å². The molecule has 0 bridgehead atoms. The molecular formula is C16H22N2O3S. The number of methoxy groups -OCH3 is 1. The summed E-state index contributed by atoms with van der Waals surface area (Å²) in [7, 11) is 1.63. The van der Waals surface area contributed by atoms with Crippen LogP contribution in [-0.4, -0.2) is 31.2 Å². The summed E-state index contributed by atoms with van der Waals surface area (Å²) in [5.74, 6) is 1.60. The number of thiophene rings is 1. The van der Waals surface area contributed by atoms with Gasteiger partial charge in [-0.2, -0.15) is 0 Å². The van der Waals surface area contributed by atoms with Gasteiger partial charge in [-0.15, -0.1) is 11.3 Å². The Balaban J connectivity index is 1.98. The van der Waals surface area contributed by atoms with E-state index in [2.05, 4.69) is 5.32 Å². The fourth-order valence-electron chi connectivity index (χ4n) is 2.08. The molecule has 0 radical (unpaired) electrons. The Bertz CT molecular complexity index is 580. The number of hydrogen-bond donors (Lipinski definition) is 1. The third-order valence-corrected chi connectivity index (χ3v) is 4.17. The normalized spacial score (nSPS) is 12.1. The molecule has 0 aliphatic carbocycles. The second kappa shape index (κ2) is 8.00. The van der Waals surface area contributed by atoms with Crippen LogP contribution in [0.1, 0.15) is 29.4 Å². The van der Waals surface area contributed by atoms with Crippen molar-refractivity contribution in [3.63, 3.8) is 0 Å². The van der Waals surface area contributed by atoms with Gasteiger partial charge >= 0.3 is 6.03 Å². The molecule has 2 aromatic heterocycles. The molecule has 2 amide bonds. The van der Waals surface area contributed by atoms with Gasteiger partial charge in [0.1, 0.15) is 11.5 Å². The van der Waals surface area contributed by atoms with Crippen LogP contribution in [0.3, 0.4) is 0 Å². The first-order valence-electron chi connectivity index (χ1n) is 7.23. The molecule has 1 N–H and O–H groups in total. The van der Waals surface area contributed by atoms with Gasteiger partial charge in [-0.05, 0) is 37.4 Å². The van der Waals surface area contributed by atoms with Crippen LogP contribution in [0.15, 0.2) is 34.1 Å². The second-order valence-corrected chi connectivity index (χ2v) is 6.15. The maximum atomic E-state index is 12.5. The summed E-state index contributed by atoms with van der Waals surface area (Å²) in [5, 5.41) is 4.98. The number of nitrogens with one attached hydrogen (secondary N) is 1. The van der Waals surface area contributed by atoms with Gasteiger partial charge in [0.25, 0.3) is 0 Å². The molecule has 2 rings (SSSR count). The van der Waals surface area contributed by atoms with Crippen molar-refractivity contribution >= 4 is 17.4 Å². The van der Waals surface area contributed by atoms with Gasteiger partial charge in [0.05, 0.1) is 19.2 Å². The summed E-state index contributed by atoms with van der Waals surface area (Å²) in [4.78, 5) is 15.4.